The molecule has 1 amide bonds. The Morgan fingerprint density at radius 3 is 2.23 bits per heavy atom. The van der Waals surface area contributed by atoms with E-state index in [4.69, 9.17) is 0 Å². The summed E-state index contributed by atoms with van der Waals surface area (Å²) in [7, 11) is 0.541. The monoisotopic (exact) mass is 429 g/mol. The molecule has 1 atom stereocenters. The van der Waals surface area contributed by atoms with Crippen molar-refractivity contribution in [1.29, 1.82) is 0 Å². The summed E-state index contributed by atoms with van der Waals surface area (Å²) in [6.45, 7) is 1.68. The molecule has 3 rings (SSSR count). The van der Waals surface area contributed by atoms with Gasteiger partial charge in [-0.2, -0.15) is 4.31 Å². The van der Waals surface area contributed by atoms with Crippen molar-refractivity contribution in [2.75, 3.05) is 33.7 Å². The molecule has 30 heavy (non-hydrogen) atoms. The van der Waals surface area contributed by atoms with Gasteiger partial charge in [-0.05, 0) is 50.2 Å². The van der Waals surface area contributed by atoms with E-state index < -0.39 is 10.0 Å². The van der Waals surface area contributed by atoms with Crippen LogP contribution in [0.15, 0.2) is 59.5 Å². The maximum absolute atomic E-state index is 12.7. The molecule has 0 radical (unpaired) electrons. The summed E-state index contributed by atoms with van der Waals surface area (Å²) in [6.07, 6.45) is 3.13. The van der Waals surface area contributed by atoms with E-state index in [1.54, 1.807) is 28.6 Å². The molecular weight excluding hydrogens is 398 g/mol. The largest absolute Gasteiger partial charge is 0.354 e. The van der Waals surface area contributed by atoms with Crippen molar-refractivity contribution in [3.63, 3.8) is 0 Å². The summed E-state index contributed by atoms with van der Waals surface area (Å²) < 4.78 is 27.0. The summed E-state index contributed by atoms with van der Waals surface area (Å²) in [5.41, 5.74) is 1.95. The molecule has 7 heteroatoms. The van der Waals surface area contributed by atoms with Crippen LogP contribution in [0.3, 0.4) is 0 Å². The number of carbonyl (C=O) groups is 1. The van der Waals surface area contributed by atoms with Gasteiger partial charge in [0.25, 0.3) is 0 Å². The van der Waals surface area contributed by atoms with E-state index in [1.807, 2.05) is 32.3 Å². The van der Waals surface area contributed by atoms with Gasteiger partial charge in [-0.25, -0.2) is 8.42 Å². The normalized spacial score (nSPS) is 16.4. The molecule has 1 aliphatic heterocycles. The van der Waals surface area contributed by atoms with Crippen LogP contribution in [-0.2, 0) is 21.2 Å². The van der Waals surface area contributed by atoms with Crippen LogP contribution in [-0.4, -0.2) is 57.3 Å². The predicted molar refractivity (Wildman–Crippen MR) is 119 cm³/mol. The van der Waals surface area contributed by atoms with Crippen LogP contribution in [0.1, 0.15) is 36.4 Å². The van der Waals surface area contributed by atoms with E-state index in [-0.39, 0.29) is 18.4 Å². The zero-order valence-corrected chi connectivity index (χ0v) is 18.6. The molecule has 0 aromatic heterocycles. The Morgan fingerprint density at radius 1 is 1.00 bits per heavy atom. The van der Waals surface area contributed by atoms with E-state index in [0.717, 1.165) is 30.4 Å². The first-order valence-corrected chi connectivity index (χ1v) is 11.9. The van der Waals surface area contributed by atoms with E-state index >= 15 is 0 Å². The highest BCUT2D eigenvalue weighted by atomic mass is 32.2. The highest BCUT2D eigenvalue weighted by molar-refractivity contribution is 7.89. The lowest BCUT2D eigenvalue weighted by Gasteiger charge is -2.26. The number of piperidine rings is 1. The Labute approximate surface area is 179 Å². The van der Waals surface area contributed by atoms with E-state index in [9.17, 15) is 13.2 Å². The predicted octanol–water partition coefficient (Wildman–Crippen LogP) is 2.82. The molecule has 0 aliphatic carbocycles. The fourth-order valence-electron chi connectivity index (χ4n) is 3.77. The average molecular weight is 430 g/mol. The number of sulfonamides is 1. The molecule has 2 aromatic rings. The number of likely N-dealkylation sites (N-methyl/N-ethyl adjacent to an activating group) is 1. The van der Waals surface area contributed by atoms with Crippen molar-refractivity contribution < 1.29 is 13.2 Å². The van der Waals surface area contributed by atoms with Crippen LogP contribution in [0.25, 0.3) is 0 Å². The Morgan fingerprint density at radius 2 is 1.63 bits per heavy atom. The van der Waals surface area contributed by atoms with Crippen molar-refractivity contribution >= 4 is 15.9 Å². The molecule has 0 bridgehead atoms. The molecule has 0 saturated carbocycles. The molecule has 1 aliphatic rings. The minimum absolute atomic E-state index is 0.0792. The first-order valence-electron chi connectivity index (χ1n) is 10.4. The van der Waals surface area contributed by atoms with Crippen LogP contribution >= 0.6 is 0 Å². The van der Waals surface area contributed by atoms with Crippen molar-refractivity contribution in [2.24, 2.45) is 0 Å². The molecule has 1 fully saturated rings. The zero-order valence-electron chi connectivity index (χ0n) is 17.8. The molecule has 1 saturated heterocycles. The number of nitrogens with one attached hydrogen (secondary N) is 1. The molecule has 1 heterocycles. The minimum atomic E-state index is -3.44. The molecule has 1 N–H and O–H groups in total. The quantitative estimate of drug-likeness (QED) is 0.701. The molecular formula is C23H31N3O3S. The summed E-state index contributed by atoms with van der Waals surface area (Å²) in [5, 5.41) is 3.00. The maximum Gasteiger partial charge on any atom is 0.243 e. The Kier molecular flexibility index (Phi) is 7.64. The van der Waals surface area contributed by atoms with Crippen LogP contribution in [0.5, 0.6) is 0 Å². The van der Waals surface area contributed by atoms with Crippen molar-refractivity contribution in [2.45, 2.75) is 36.6 Å². The highest BCUT2D eigenvalue weighted by Crippen LogP contribution is 2.21. The van der Waals surface area contributed by atoms with Gasteiger partial charge in [0.1, 0.15) is 0 Å². The average Bonchev–Trinajstić information content (AvgIpc) is 2.75. The van der Waals surface area contributed by atoms with E-state index in [2.05, 4.69) is 22.3 Å². The van der Waals surface area contributed by atoms with E-state index in [0.29, 0.717) is 24.5 Å². The van der Waals surface area contributed by atoms with Crippen LogP contribution < -0.4 is 5.32 Å². The second-order valence-electron chi connectivity index (χ2n) is 7.98. The lowest BCUT2D eigenvalue weighted by molar-refractivity contribution is -0.120. The Bertz CT molecular complexity index is 922. The number of rotatable bonds is 8. The fourth-order valence-corrected chi connectivity index (χ4v) is 5.28. The molecule has 162 valence electrons. The first kappa shape index (κ1) is 22.5. The van der Waals surface area contributed by atoms with Crippen molar-refractivity contribution in [3.05, 3.63) is 65.7 Å². The fraction of sp³-hybridized carbons (Fsp3) is 0.435. The summed E-state index contributed by atoms with van der Waals surface area (Å²) >= 11 is 0. The third-order valence-corrected chi connectivity index (χ3v) is 7.45. The zero-order chi connectivity index (χ0) is 21.6. The second kappa shape index (κ2) is 10.2. The van der Waals surface area contributed by atoms with Gasteiger partial charge in [0.15, 0.2) is 0 Å². The smallest absolute Gasteiger partial charge is 0.243 e. The van der Waals surface area contributed by atoms with Gasteiger partial charge in [-0.3, -0.25) is 4.79 Å². The number of hydrogen-bond donors (Lipinski definition) is 1. The summed E-state index contributed by atoms with van der Waals surface area (Å²) in [6, 6.07) is 16.8. The molecule has 1 unspecified atom stereocenters. The standard InChI is InChI=1S/C23H31N3O3S/c1-25(2)22(20-9-5-3-6-10-20)18-24-23(27)17-19-11-13-21(14-12-19)30(28,29)26-15-7-4-8-16-26/h3,5-6,9-14,22H,4,7-8,15-18H2,1-2H3,(H,24,27). The van der Waals surface area contributed by atoms with Gasteiger partial charge < -0.3 is 10.2 Å². The topological polar surface area (TPSA) is 69.7 Å². The van der Waals surface area contributed by atoms with Crippen LogP contribution in [0.4, 0.5) is 0 Å². The second-order valence-corrected chi connectivity index (χ2v) is 9.92. The van der Waals surface area contributed by atoms with E-state index in [1.165, 1.54) is 0 Å². The first-order chi connectivity index (χ1) is 14.4. The van der Waals surface area contributed by atoms with Crippen LogP contribution in [0, 0.1) is 0 Å². The Balaban J connectivity index is 1.58. The van der Waals surface area contributed by atoms with Crippen molar-refractivity contribution in [1.82, 2.24) is 14.5 Å². The van der Waals surface area contributed by atoms with Gasteiger partial charge in [-0.15, -0.1) is 0 Å². The molecule has 2 aromatic carbocycles. The van der Waals surface area contributed by atoms with Crippen LogP contribution in [0.2, 0.25) is 0 Å². The van der Waals surface area contributed by atoms with Gasteiger partial charge in [0.05, 0.1) is 17.4 Å². The molecule has 0 spiro atoms. The summed E-state index contributed by atoms with van der Waals surface area (Å²) in [5.74, 6) is -0.0792. The molecule has 6 nitrogen and oxygen atoms in total. The minimum Gasteiger partial charge on any atom is -0.354 e. The number of amides is 1. The number of benzene rings is 2. The number of nitrogens with zero attached hydrogens (tertiary/aromatic N) is 2. The van der Waals surface area contributed by atoms with Crippen molar-refractivity contribution in [3.8, 4) is 0 Å². The van der Waals surface area contributed by atoms with Gasteiger partial charge in [0, 0.05) is 19.6 Å². The highest BCUT2D eigenvalue weighted by Gasteiger charge is 2.25. The SMILES string of the molecule is CN(C)C(CNC(=O)Cc1ccc(S(=O)(=O)N2CCCCC2)cc1)c1ccccc1. The number of carbonyl (C=O) groups excluding carboxylic acids is 1. The lowest BCUT2D eigenvalue weighted by Crippen LogP contribution is -2.35. The van der Waals surface area contributed by atoms with Gasteiger partial charge in [-0.1, -0.05) is 48.9 Å². The lowest BCUT2D eigenvalue weighted by atomic mass is 10.1. The maximum atomic E-state index is 12.7. The third-order valence-electron chi connectivity index (χ3n) is 5.54. The van der Waals surface area contributed by atoms with Gasteiger partial charge in [0.2, 0.25) is 15.9 Å². The number of hydrogen-bond acceptors (Lipinski definition) is 4. The summed E-state index contributed by atoms with van der Waals surface area (Å²) in [4.78, 5) is 14.8. The third kappa shape index (κ3) is 5.68. The Hall–Kier alpha value is -2.22. The van der Waals surface area contributed by atoms with Gasteiger partial charge >= 0.3 is 0 Å².